The van der Waals surface area contributed by atoms with Crippen LogP contribution in [0.5, 0.6) is 0 Å². The van der Waals surface area contributed by atoms with Crippen molar-refractivity contribution in [1.82, 2.24) is 0 Å². The molecule has 0 heterocycles. The number of anilines is 2. The van der Waals surface area contributed by atoms with E-state index in [0.717, 1.165) is 18.4 Å². The van der Waals surface area contributed by atoms with Gasteiger partial charge < -0.3 is 16.2 Å². The SMILES string of the molecule is CCCCCCCCCCOC(=O)c1cc(N)c(C(C)(C)C(C)C)c(N)c1. The molecule has 0 aliphatic heterocycles. The van der Waals surface area contributed by atoms with E-state index in [9.17, 15) is 4.79 Å². The molecule has 0 atom stereocenters. The molecule has 0 aliphatic rings. The Kier molecular flexibility index (Phi) is 9.68. The number of carbonyl (C=O) groups excluding carboxylic acids is 1. The molecule has 0 saturated heterocycles. The Balaban J connectivity index is 2.50. The second kappa shape index (κ2) is 11.2. The van der Waals surface area contributed by atoms with E-state index in [1.54, 1.807) is 12.1 Å². The minimum atomic E-state index is -0.342. The van der Waals surface area contributed by atoms with Gasteiger partial charge in [-0.3, -0.25) is 0 Å². The van der Waals surface area contributed by atoms with E-state index in [1.807, 2.05) is 0 Å². The highest BCUT2D eigenvalue weighted by Crippen LogP contribution is 2.39. The normalized spacial score (nSPS) is 11.8. The van der Waals surface area contributed by atoms with Crippen LogP contribution in [0.15, 0.2) is 12.1 Å². The summed E-state index contributed by atoms with van der Waals surface area (Å²) in [7, 11) is 0. The first kappa shape index (κ1) is 23.3. The molecule has 4 N–H and O–H groups in total. The Hall–Kier alpha value is -1.71. The lowest BCUT2D eigenvalue weighted by Crippen LogP contribution is -2.27. The molecular weight excluding hydrogens is 336 g/mol. The van der Waals surface area contributed by atoms with Crippen LogP contribution in [-0.2, 0) is 10.2 Å². The average molecular weight is 377 g/mol. The van der Waals surface area contributed by atoms with Crippen molar-refractivity contribution in [2.75, 3.05) is 18.1 Å². The molecule has 1 aromatic rings. The zero-order chi connectivity index (χ0) is 20.4. The molecule has 0 radical (unpaired) electrons. The first-order chi connectivity index (χ1) is 12.7. The van der Waals surface area contributed by atoms with Gasteiger partial charge >= 0.3 is 5.97 Å². The van der Waals surface area contributed by atoms with Gasteiger partial charge in [0.05, 0.1) is 12.2 Å². The summed E-state index contributed by atoms with van der Waals surface area (Å²) < 4.78 is 5.41. The van der Waals surface area contributed by atoms with Crippen LogP contribution < -0.4 is 11.5 Å². The fourth-order valence-corrected chi connectivity index (χ4v) is 3.32. The van der Waals surface area contributed by atoms with Crippen molar-refractivity contribution in [1.29, 1.82) is 0 Å². The molecule has 154 valence electrons. The van der Waals surface area contributed by atoms with Gasteiger partial charge in [0.1, 0.15) is 0 Å². The fraction of sp³-hybridized carbons (Fsp3) is 0.696. The van der Waals surface area contributed by atoms with Crippen LogP contribution in [0, 0.1) is 5.92 Å². The summed E-state index contributed by atoms with van der Waals surface area (Å²) in [6.07, 6.45) is 9.74. The van der Waals surface area contributed by atoms with Crippen molar-refractivity contribution >= 4 is 17.3 Å². The molecule has 1 aromatic carbocycles. The Morgan fingerprint density at radius 3 is 1.93 bits per heavy atom. The molecule has 4 nitrogen and oxygen atoms in total. The van der Waals surface area contributed by atoms with Crippen molar-refractivity contribution in [2.45, 2.75) is 91.4 Å². The maximum atomic E-state index is 12.3. The fourth-order valence-electron chi connectivity index (χ4n) is 3.32. The van der Waals surface area contributed by atoms with Crippen molar-refractivity contribution < 1.29 is 9.53 Å². The molecule has 4 heteroatoms. The molecule has 0 bridgehead atoms. The number of benzene rings is 1. The van der Waals surface area contributed by atoms with Gasteiger partial charge in [0.25, 0.3) is 0 Å². The lowest BCUT2D eigenvalue weighted by atomic mass is 9.73. The van der Waals surface area contributed by atoms with E-state index in [1.165, 1.54) is 38.5 Å². The van der Waals surface area contributed by atoms with Crippen molar-refractivity contribution in [3.8, 4) is 0 Å². The average Bonchev–Trinajstić information content (AvgIpc) is 2.59. The first-order valence-electron chi connectivity index (χ1n) is 10.6. The summed E-state index contributed by atoms with van der Waals surface area (Å²) in [5.74, 6) is 0.0344. The number of rotatable bonds is 12. The molecule has 0 amide bonds. The van der Waals surface area contributed by atoms with E-state index in [4.69, 9.17) is 16.2 Å². The number of unbranched alkanes of at least 4 members (excludes halogenated alkanes) is 7. The van der Waals surface area contributed by atoms with E-state index in [-0.39, 0.29) is 11.4 Å². The predicted octanol–water partition coefficient (Wildman–Crippen LogP) is 6.08. The monoisotopic (exact) mass is 376 g/mol. The Labute approximate surface area is 166 Å². The van der Waals surface area contributed by atoms with Gasteiger partial charge in [-0.15, -0.1) is 0 Å². The van der Waals surface area contributed by atoms with Crippen molar-refractivity contribution in [3.63, 3.8) is 0 Å². The Bertz CT molecular complexity index is 571. The van der Waals surface area contributed by atoms with Gasteiger partial charge in [0, 0.05) is 16.9 Å². The maximum absolute atomic E-state index is 12.3. The number of carbonyl (C=O) groups is 1. The highest BCUT2D eigenvalue weighted by Gasteiger charge is 2.29. The lowest BCUT2D eigenvalue weighted by molar-refractivity contribution is 0.0497. The molecular formula is C23H40N2O2. The number of nitrogens with two attached hydrogens (primary N) is 2. The molecule has 0 spiro atoms. The number of ether oxygens (including phenoxy) is 1. The van der Waals surface area contributed by atoms with Gasteiger partial charge in [-0.05, 0) is 29.9 Å². The van der Waals surface area contributed by atoms with E-state index in [0.29, 0.717) is 29.5 Å². The van der Waals surface area contributed by atoms with Crippen LogP contribution in [0.1, 0.15) is 102 Å². The topological polar surface area (TPSA) is 78.3 Å². The summed E-state index contributed by atoms with van der Waals surface area (Å²) in [6.45, 7) is 11.2. The summed E-state index contributed by atoms with van der Waals surface area (Å²) in [5.41, 5.74) is 14.8. The first-order valence-corrected chi connectivity index (χ1v) is 10.6. The third-order valence-electron chi connectivity index (χ3n) is 5.75. The van der Waals surface area contributed by atoms with Gasteiger partial charge in [-0.2, -0.15) is 0 Å². The smallest absolute Gasteiger partial charge is 0.338 e. The van der Waals surface area contributed by atoms with Gasteiger partial charge in [0.2, 0.25) is 0 Å². The summed E-state index contributed by atoms with van der Waals surface area (Å²) in [4.78, 5) is 12.3. The van der Waals surface area contributed by atoms with Gasteiger partial charge in [-0.25, -0.2) is 4.79 Å². The Morgan fingerprint density at radius 1 is 0.963 bits per heavy atom. The highest BCUT2D eigenvalue weighted by molar-refractivity contribution is 5.92. The minimum Gasteiger partial charge on any atom is -0.462 e. The number of hydrogen-bond donors (Lipinski definition) is 2. The second-order valence-corrected chi connectivity index (χ2v) is 8.52. The van der Waals surface area contributed by atoms with E-state index >= 15 is 0 Å². The van der Waals surface area contributed by atoms with Crippen LogP contribution in [-0.4, -0.2) is 12.6 Å². The quantitative estimate of drug-likeness (QED) is 0.263. The maximum Gasteiger partial charge on any atom is 0.338 e. The van der Waals surface area contributed by atoms with Crippen molar-refractivity contribution in [3.05, 3.63) is 23.3 Å². The van der Waals surface area contributed by atoms with Crippen LogP contribution >= 0.6 is 0 Å². The lowest BCUT2D eigenvalue weighted by Gasteiger charge is -2.32. The number of hydrogen-bond acceptors (Lipinski definition) is 4. The van der Waals surface area contributed by atoms with Gasteiger partial charge in [-0.1, -0.05) is 79.6 Å². The molecule has 27 heavy (non-hydrogen) atoms. The standard InChI is InChI=1S/C23H40N2O2/c1-6-7-8-9-10-11-12-13-14-27-22(26)18-15-19(24)21(20(25)16-18)23(4,5)17(2)3/h15-17H,6-14,24-25H2,1-5H3. The third-order valence-corrected chi connectivity index (χ3v) is 5.75. The van der Waals surface area contributed by atoms with Gasteiger partial charge in [0.15, 0.2) is 0 Å². The molecule has 0 saturated carbocycles. The van der Waals surface area contributed by atoms with E-state index < -0.39 is 0 Å². The minimum absolute atomic E-state index is 0.159. The zero-order valence-corrected chi connectivity index (χ0v) is 18.1. The van der Waals surface area contributed by atoms with E-state index in [2.05, 4.69) is 34.6 Å². The molecule has 0 aliphatic carbocycles. The highest BCUT2D eigenvalue weighted by atomic mass is 16.5. The Morgan fingerprint density at radius 2 is 1.44 bits per heavy atom. The van der Waals surface area contributed by atoms with Crippen LogP contribution in [0.3, 0.4) is 0 Å². The molecule has 0 unspecified atom stereocenters. The predicted molar refractivity (Wildman–Crippen MR) is 116 cm³/mol. The van der Waals surface area contributed by atoms with Crippen LogP contribution in [0.2, 0.25) is 0 Å². The zero-order valence-electron chi connectivity index (χ0n) is 18.1. The molecule has 1 rings (SSSR count). The summed E-state index contributed by atoms with van der Waals surface area (Å²) >= 11 is 0. The molecule has 0 aromatic heterocycles. The third kappa shape index (κ3) is 7.08. The summed E-state index contributed by atoms with van der Waals surface area (Å²) in [6, 6.07) is 3.40. The summed E-state index contributed by atoms with van der Waals surface area (Å²) in [5, 5.41) is 0. The second-order valence-electron chi connectivity index (χ2n) is 8.52. The van der Waals surface area contributed by atoms with Crippen molar-refractivity contribution in [2.24, 2.45) is 5.92 Å². The number of nitrogen functional groups attached to an aromatic ring is 2. The van der Waals surface area contributed by atoms with Crippen LogP contribution in [0.4, 0.5) is 11.4 Å². The number of esters is 1. The molecule has 0 fully saturated rings. The van der Waals surface area contributed by atoms with Crippen LogP contribution in [0.25, 0.3) is 0 Å². The largest absolute Gasteiger partial charge is 0.462 e.